The van der Waals surface area contributed by atoms with Gasteiger partial charge in [0, 0.05) is 41.4 Å². The second-order valence-electron chi connectivity index (χ2n) is 13.1. The van der Waals surface area contributed by atoms with Crippen molar-refractivity contribution >= 4 is 40.7 Å². The number of aromatic amines is 1. The number of benzene rings is 4. The minimum atomic E-state index is -0.165. The van der Waals surface area contributed by atoms with E-state index >= 15 is 0 Å². The molecule has 0 atom stereocenters. The minimum Gasteiger partial charge on any atom is -0.497 e. The third-order valence-electron chi connectivity index (χ3n) is 9.18. The van der Waals surface area contributed by atoms with Gasteiger partial charge in [-0.25, -0.2) is 0 Å². The number of nitrogens with one attached hydrogen (secondary N) is 4. The molecule has 3 heterocycles. The van der Waals surface area contributed by atoms with Crippen LogP contribution >= 0.6 is 0 Å². The van der Waals surface area contributed by atoms with E-state index in [4.69, 9.17) is 9.47 Å². The average Bonchev–Trinajstić information content (AvgIpc) is 3.77. The van der Waals surface area contributed by atoms with Crippen LogP contribution in [0, 0.1) is 13.8 Å². The molecule has 0 aliphatic carbocycles. The van der Waals surface area contributed by atoms with Gasteiger partial charge in [0.2, 0.25) is 5.91 Å². The zero-order valence-corrected chi connectivity index (χ0v) is 30.3. The van der Waals surface area contributed by atoms with Gasteiger partial charge in [-0.1, -0.05) is 48.5 Å². The van der Waals surface area contributed by atoms with E-state index in [2.05, 4.69) is 20.9 Å². The van der Waals surface area contributed by atoms with E-state index in [1.54, 1.807) is 14.2 Å². The molecular weight excluding hydrogens is 654 g/mol. The van der Waals surface area contributed by atoms with E-state index in [0.717, 1.165) is 79.8 Å². The first-order chi connectivity index (χ1) is 25.0. The molecule has 10 heteroatoms. The second kappa shape index (κ2) is 15.4. The van der Waals surface area contributed by atoms with Crippen LogP contribution in [0.5, 0.6) is 11.5 Å². The van der Waals surface area contributed by atoms with E-state index in [0.29, 0.717) is 24.1 Å². The van der Waals surface area contributed by atoms with Crippen molar-refractivity contribution in [3.8, 4) is 33.8 Å². The molecule has 0 saturated carbocycles. The molecule has 1 aromatic heterocycles. The number of nitrogens with zero attached hydrogens (tertiary/aromatic N) is 1. The number of likely N-dealkylation sites (N-methyl/N-ethyl adjacent to an activating group) is 1. The van der Waals surface area contributed by atoms with Gasteiger partial charge in [-0.3, -0.25) is 14.4 Å². The highest BCUT2D eigenvalue weighted by atomic mass is 16.5. The van der Waals surface area contributed by atoms with Gasteiger partial charge in [-0.2, -0.15) is 0 Å². The summed E-state index contributed by atoms with van der Waals surface area (Å²) in [5.41, 5.74) is 11.3. The van der Waals surface area contributed by atoms with Crippen LogP contribution in [0.4, 0.5) is 11.4 Å². The molecule has 0 fully saturated rings. The number of H-pyrrole nitrogens is 1. The predicted molar refractivity (Wildman–Crippen MR) is 207 cm³/mol. The van der Waals surface area contributed by atoms with Gasteiger partial charge in [0.15, 0.2) is 0 Å². The van der Waals surface area contributed by atoms with Crippen LogP contribution < -0.4 is 25.4 Å². The molecule has 266 valence electrons. The van der Waals surface area contributed by atoms with Crippen LogP contribution in [0.15, 0.2) is 84.9 Å². The smallest absolute Gasteiger partial charge is 0.256 e. The maximum atomic E-state index is 12.8. The van der Waals surface area contributed by atoms with E-state index in [1.807, 2.05) is 124 Å². The molecule has 0 unspecified atom stereocenters. The van der Waals surface area contributed by atoms with Crippen molar-refractivity contribution in [3.05, 3.63) is 119 Å². The van der Waals surface area contributed by atoms with Crippen molar-refractivity contribution in [2.24, 2.45) is 0 Å². The summed E-state index contributed by atoms with van der Waals surface area (Å²) in [5, 5.41) is 8.80. The molecule has 5 aromatic rings. The summed E-state index contributed by atoms with van der Waals surface area (Å²) >= 11 is 0. The van der Waals surface area contributed by atoms with Crippen molar-refractivity contribution in [2.75, 3.05) is 52.0 Å². The zero-order chi connectivity index (χ0) is 36.9. The molecule has 3 amide bonds. The van der Waals surface area contributed by atoms with Crippen molar-refractivity contribution in [3.63, 3.8) is 0 Å². The standard InChI is InChI=1S/C27H30N4O3.C15H13NO2/c1-16-23(29-17(2)25(16)27(33)28-11-12-31(3)4)15-22-21-10-9-19(14-24(21)30-26(22)32)18-7-6-8-20(13-18)34-5;1-18-13-4-2-3-10(7-13)11-5-6-12-9-15(17)16-14(12)8-11/h6-10,13-15,29H,11-12H2,1-5H3,(H,28,33)(H,30,32);2-8H,9H2,1H3,(H,16,17). The average molecular weight is 698 g/mol. The Labute approximate surface area is 303 Å². The fourth-order valence-electron chi connectivity index (χ4n) is 6.40. The predicted octanol–water partition coefficient (Wildman–Crippen LogP) is 6.95. The molecule has 0 spiro atoms. The number of aromatic nitrogens is 1. The monoisotopic (exact) mass is 697 g/mol. The van der Waals surface area contributed by atoms with Crippen LogP contribution in [-0.2, 0) is 16.0 Å². The summed E-state index contributed by atoms with van der Waals surface area (Å²) < 4.78 is 10.5. The molecule has 7 rings (SSSR count). The summed E-state index contributed by atoms with van der Waals surface area (Å²) in [4.78, 5) is 42.2. The first-order valence-corrected chi connectivity index (χ1v) is 17.1. The lowest BCUT2D eigenvalue weighted by atomic mass is 9.99. The minimum absolute atomic E-state index is 0.0628. The van der Waals surface area contributed by atoms with Gasteiger partial charge in [0.25, 0.3) is 11.8 Å². The number of anilines is 2. The largest absolute Gasteiger partial charge is 0.497 e. The van der Waals surface area contributed by atoms with E-state index in [1.165, 1.54) is 0 Å². The molecule has 2 aliphatic rings. The van der Waals surface area contributed by atoms with Crippen molar-refractivity contribution in [2.45, 2.75) is 20.3 Å². The lowest BCUT2D eigenvalue weighted by molar-refractivity contribution is -0.115. The van der Waals surface area contributed by atoms with E-state index in [9.17, 15) is 14.4 Å². The molecular formula is C42H43N5O5. The van der Waals surface area contributed by atoms with Gasteiger partial charge in [-0.15, -0.1) is 0 Å². The van der Waals surface area contributed by atoms with E-state index in [-0.39, 0.29) is 17.7 Å². The Morgan fingerprint density at radius 2 is 1.42 bits per heavy atom. The van der Waals surface area contributed by atoms with Crippen molar-refractivity contribution < 1.29 is 23.9 Å². The number of aryl methyl sites for hydroxylation is 1. The summed E-state index contributed by atoms with van der Waals surface area (Å²) in [6.07, 6.45) is 2.30. The molecule has 0 radical (unpaired) electrons. The number of hydrogen-bond acceptors (Lipinski definition) is 6. The molecule has 10 nitrogen and oxygen atoms in total. The first kappa shape index (κ1) is 35.7. The summed E-state index contributed by atoms with van der Waals surface area (Å²) in [7, 11) is 7.23. The fourth-order valence-corrected chi connectivity index (χ4v) is 6.40. The summed E-state index contributed by atoms with van der Waals surface area (Å²) in [6, 6.07) is 27.7. The van der Waals surface area contributed by atoms with Crippen LogP contribution in [0.1, 0.15) is 38.4 Å². The molecule has 2 aliphatic heterocycles. The van der Waals surface area contributed by atoms with Crippen LogP contribution in [-0.4, -0.2) is 69.0 Å². The number of carbonyl (C=O) groups excluding carboxylic acids is 3. The number of hydrogen-bond donors (Lipinski definition) is 4. The van der Waals surface area contributed by atoms with E-state index < -0.39 is 0 Å². The second-order valence-corrected chi connectivity index (χ2v) is 13.1. The van der Waals surface area contributed by atoms with Crippen LogP contribution in [0.2, 0.25) is 0 Å². The number of rotatable bonds is 9. The first-order valence-electron chi connectivity index (χ1n) is 17.1. The lowest BCUT2D eigenvalue weighted by Crippen LogP contribution is -2.31. The van der Waals surface area contributed by atoms with Crippen LogP contribution in [0.25, 0.3) is 33.9 Å². The number of carbonyl (C=O) groups is 3. The highest BCUT2D eigenvalue weighted by Crippen LogP contribution is 2.37. The molecule has 4 aromatic carbocycles. The van der Waals surface area contributed by atoms with Gasteiger partial charge in [-0.05, 0) is 104 Å². The third kappa shape index (κ3) is 7.77. The third-order valence-corrected chi connectivity index (χ3v) is 9.18. The lowest BCUT2D eigenvalue weighted by Gasteiger charge is -2.10. The maximum absolute atomic E-state index is 12.8. The van der Waals surface area contributed by atoms with Gasteiger partial charge in [0.1, 0.15) is 11.5 Å². The Bertz CT molecular complexity index is 2200. The SMILES string of the molecule is COc1cccc(-c2ccc3c(c2)NC(=O)C3)c1.COc1cccc(-c2ccc3c(c2)NC(=O)C3=Cc2[nH]c(C)c(C(=O)NCCN(C)C)c2C)c1. The number of amides is 3. The Morgan fingerprint density at radius 3 is 2.06 bits per heavy atom. The van der Waals surface area contributed by atoms with Gasteiger partial charge in [0.05, 0.1) is 31.8 Å². The Hall–Kier alpha value is -6.13. The fraction of sp³-hybridized carbons (Fsp3) is 0.214. The Kier molecular flexibility index (Phi) is 10.6. The quantitative estimate of drug-likeness (QED) is 0.124. The molecule has 52 heavy (non-hydrogen) atoms. The molecule has 0 saturated heterocycles. The van der Waals surface area contributed by atoms with Crippen molar-refractivity contribution in [1.82, 2.24) is 15.2 Å². The highest BCUT2D eigenvalue weighted by Gasteiger charge is 2.26. The van der Waals surface area contributed by atoms with Crippen molar-refractivity contribution in [1.29, 1.82) is 0 Å². The Balaban J connectivity index is 0.000000215. The van der Waals surface area contributed by atoms with Gasteiger partial charge >= 0.3 is 0 Å². The number of methoxy groups -OCH3 is 2. The summed E-state index contributed by atoms with van der Waals surface area (Å²) in [6.45, 7) is 5.10. The number of fused-ring (bicyclic) bond motifs is 2. The van der Waals surface area contributed by atoms with Gasteiger partial charge < -0.3 is 35.3 Å². The molecule has 0 bridgehead atoms. The van der Waals surface area contributed by atoms with Crippen LogP contribution in [0.3, 0.4) is 0 Å². The highest BCUT2D eigenvalue weighted by molar-refractivity contribution is 6.35. The maximum Gasteiger partial charge on any atom is 0.256 e. The summed E-state index contributed by atoms with van der Waals surface area (Å²) in [5.74, 6) is 1.39. The molecule has 4 N–H and O–H groups in total. The number of ether oxygens (including phenoxy) is 2. The zero-order valence-electron chi connectivity index (χ0n) is 30.3. The normalized spacial score (nSPS) is 13.6. The Morgan fingerprint density at radius 1 is 0.808 bits per heavy atom. The topological polar surface area (TPSA) is 125 Å².